The highest BCUT2D eigenvalue weighted by Gasteiger charge is 2.54. The Kier molecular flexibility index (Phi) is 11.5. The van der Waals surface area contributed by atoms with Crippen molar-refractivity contribution < 1.29 is 79.2 Å². The van der Waals surface area contributed by atoms with Crippen molar-refractivity contribution in [2.45, 2.75) is 106 Å². The molecule has 3 heterocycles. The van der Waals surface area contributed by atoms with Gasteiger partial charge in [-0.3, -0.25) is 9.59 Å². The lowest BCUT2D eigenvalue weighted by Crippen LogP contribution is -2.70. The van der Waals surface area contributed by atoms with E-state index in [9.17, 15) is 55.5 Å². The molecule has 0 aromatic carbocycles. The molecule has 3 aliphatic rings. The van der Waals surface area contributed by atoms with Crippen LogP contribution in [0.1, 0.15) is 13.8 Å². The lowest BCUT2D eigenvalue weighted by Gasteiger charge is -2.49. The van der Waals surface area contributed by atoms with Gasteiger partial charge in [0, 0.05) is 13.8 Å². The second kappa shape index (κ2) is 14.0. The molecule has 40 heavy (non-hydrogen) atoms. The number of hydrogen-bond donors (Lipinski definition) is 11. The number of carbonyl (C=O) groups excluding carboxylic acids is 2. The third-order valence-corrected chi connectivity index (χ3v) is 6.90. The van der Waals surface area contributed by atoms with Crippen molar-refractivity contribution in [3.63, 3.8) is 0 Å². The quantitative estimate of drug-likeness (QED) is 0.120. The van der Waals surface area contributed by atoms with Gasteiger partial charge in [-0.15, -0.1) is 0 Å². The SMILES string of the molecule is CC(=O)N[C@@H]1[C@@H](O)[C@H](O[C@H]2O[C@H](CO)[C@@H](O)[C@H](O[C@@H]3O[C@H](CO)[C@@H](O)[C@H](O)[C@@H]3O)[C@H]2NC(C)=O)[C@@H](CO)O[C@H]1O. The van der Waals surface area contributed by atoms with Crippen LogP contribution in [0.3, 0.4) is 0 Å². The zero-order valence-electron chi connectivity index (χ0n) is 21.7. The molecule has 0 aromatic heterocycles. The molecule has 0 unspecified atom stereocenters. The molecule has 0 saturated carbocycles. The van der Waals surface area contributed by atoms with Gasteiger partial charge < -0.3 is 80.3 Å². The molecule has 0 aromatic rings. The molecule has 0 aliphatic carbocycles. The summed E-state index contributed by atoms with van der Waals surface area (Å²) in [5.74, 6) is -1.32. The van der Waals surface area contributed by atoms with Gasteiger partial charge in [0.1, 0.15) is 73.1 Å². The van der Waals surface area contributed by atoms with Gasteiger partial charge in [0.05, 0.1) is 19.8 Å². The first-order valence-corrected chi connectivity index (χ1v) is 12.6. The monoisotopic (exact) mass is 586 g/mol. The van der Waals surface area contributed by atoms with Crippen LogP contribution in [-0.2, 0) is 33.3 Å². The lowest BCUT2D eigenvalue weighted by atomic mass is 9.94. The summed E-state index contributed by atoms with van der Waals surface area (Å²) in [7, 11) is 0. The number of aliphatic hydroxyl groups is 9. The third-order valence-electron chi connectivity index (χ3n) is 6.90. The van der Waals surface area contributed by atoms with E-state index >= 15 is 0 Å². The van der Waals surface area contributed by atoms with E-state index in [1.807, 2.05) is 0 Å². The van der Waals surface area contributed by atoms with E-state index in [-0.39, 0.29) is 0 Å². The van der Waals surface area contributed by atoms with Crippen molar-refractivity contribution in [2.24, 2.45) is 0 Å². The van der Waals surface area contributed by atoms with Crippen molar-refractivity contribution in [1.29, 1.82) is 0 Å². The number of aliphatic hydroxyl groups excluding tert-OH is 9. The summed E-state index contributed by atoms with van der Waals surface area (Å²) >= 11 is 0. The number of rotatable bonds is 9. The molecule has 18 nitrogen and oxygen atoms in total. The zero-order chi connectivity index (χ0) is 29.9. The summed E-state index contributed by atoms with van der Waals surface area (Å²) in [6, 6.07) is -2.88. The number of ether oxygens (including phenoxy) is 5. The normalized spacial score (nSPS) is 46.0. The average molecular weight is 587 g/mol. The summed E-state index contributed by atoms with van der Waals surface area (Å²) in [5.41, 5.74) is 0. The standard InChI is InChI=1S/C22H38N2O16/c1-6(28)23-11-15(32)18(10(5-27)36-20(11)35)39-21-12(24-7(2)29)19(14(31)9(4-26)37-21)40-22-17(34)16(33)13(30)8(3-25)38-22/h8-22,25-27,30-35H,3-5H2,1-2H3,(H,23,28)(H,24,29)/t8-,9-,10-,11-,12-,13-,14-,15-,16+,17+,18-,19-,20-,21-,22+/m1/s1. The molecule has 11 N–H and O–H groups in total. The highest BCUT2D eigenvalue weighted by atomic mass is 16.7. The highest BCUT2D eigenvalue weighted by molar-refractivity contribution is 5.73. The Balaban J connectivity index is 1.92. The molecule has 3 saturated heterocycles. The van der Waals surface area contributed by atoms with Crippen molar-refractivity contribution >= 4 is 11.8 Å². The second-order valence-electron chi connectivity index (χ2n) is 9.81. The summed E-state index contributed by atoms with van der Waals surface area (Å²) in [5, 5.41) is 96.5. The van der Waals surface area contributed by atoms with Gasteiger partial charge in [-0.1, -0.05) is 0 Å². The predicted octanol–water partition coefficient (Wildman–Crippen LogP) is -7.29. The van der Waals surface area contributed by atoms with Crippen LogP contribution < -0.4 is 10.6 Å². The van der Waals surface area contributed by atoms with E-state index in [1.54, 1.807) is 0 Å². The fourth-order valence-corrected chi connectivity index (χ4v) is 4.86. The van der Waals surface area contributed by atoms with E-state index in [1.165, 1.54) is 0 Å². The smallest absolute Gasteiger partial charge is 0.217 e. The van der Waals surface area contributed by atoms with Crippen LogP contribution in [0.25, 0.3) is 0 Å². The Bertz CT molecular complexity index is 852. The molecule has 15 atom stereocenters. The number of hydrogen-bond acceptors (Lipinski definition) is 16. The summed E-state index contributed by atoms with van der Waals surface area (Å²) in [6.07, 6.45) is -21.3. The molecular weight excluding hydrogens is 548 g/mol. The van der Waals surface area contributed by atoms with Crippen LogP contribution in [-0.4, -0.2) is 170 Å². The highest BCUT2D eigenvalue weighted by Crippen LogP contribution is 2.32. The minimum Gasteiger partial charge on any atom is -0.394 e. The molecule has 18 heteroatoms. The van der Waals surface area contributed by atoms with Crippen LogP contribution >= 0.6 is 0 Å². The van der Waals surface area contributed by atoms with Gasteiger partial charge in [0.2, 0.25) is 11.8 Å². The fraction of sp³-hybridized carbons (Fsp3) is 0.909. The van der Waals surface area contributed by atoms with Gasteiger partial charge in [-0.25, -0.2) is 0 Å². The molecule has 0 spiro atoms. The van der Waals surface area contributed by atoms with E-state index in [0.29, 0.717) is 0 Å². The van der Waals surface area contributed by atoms with Crippen LogP contribution in [0.4, 0.5) is 0 Å². The largest absolute Gasteiger partial charge is 0.394 e. The Morgan fingerprint density at radius 2 is 1.10 bits per heavy atom. The van der Waals surface area contributed by atoms with Gasteiger partial charge in [-0.05, 0) is 0 Å². The number of amides is 2. The van der Waals surface area contributed by atoms with Crippen molar-refractivity contribution in [3.8, 4) is 0 Å². The van der Waals surface area contributed by atoms with E-state index in [0.717, 1.165) is 13.8 Å². The maximum absolute atomic E-state index is 12.1. The maximum Gasteiger partial charge on any atom is 0.217 e. The molecule has 0 radical (unpaired) electrons. The molecule has 3 rings (SSSR count). The Morgan fingerprint density at radius 3 is 1.65 bits per heavy atom. The topological polar surface area (TPSA) is 286 Å². The Labute approximate surface area is 228 Å². The molecule has 3 fully saturated rings. The summed E-state index contributed by atoms with van der Waals surface area (Å²) in [6.45, 7) is -0.142. The summed E-state index contributed by atoms with van der Waals surface area (Å²) in [4.78, 5) is 23.7. The maximum atomic E-state index is 12.1. The van der Waals surface area contributed by atoms with E-state index in [2.05, 4.69) is 10.6 Å². The van der Waals surface area contributed by atoms with Crippen LogP contribution in [0.5, 0.6) is 0 Å². The minimum atomic E-state index is -1.88. The molecular formula is C22H38N2O16. The van der Waals surface area contributed by atoms with Crippen molar-refractivity contribution in [1.82, 2.24) is 10.6 Å². The van der Waals surface area contributed by atoms with Crippen LogP contribution in [0.15, 0.2) is 0 Å². The first-order valence-electron chi connectivity index (χ1n) is 12.6. The Morgan fingerprint density at radius 1 is 0.600 bits per heavy atom. The number of carbonyl (C=O) groups is 2. The predicted molar refractivity (Wildman–Crippen MR) is 124 cm³/mol. The van der Waals surface area contributed by atoms with Crippen LogP contribution in [0.2, 0.25) is 0 Å². The minimum absolute atomic E-state index is 0.630. The van der Waals surface area contributed by atoms with Crippen molar-refractivity contribution in [3.05, 3.63) is 0 Å². The fourth-order valence-electron chi connectivity index (χ4n) is 4.86. The average Bonchev–Trinajstić information content (AvgIpc) is 2.90. The van der Waals surface area contributed by atoms with Crippen molar-refractivity contribution in [2.75, 3.05) is 19.8 Å². The van der Waals surface area contributed by atoms with E-state index in [4.69, 9.17) is 23.7 Å². The molecule has 232 valence electrons. The lowest BCUT2D eigenvalue weighted by molar-refractivity contribution is -0.358. The molecule has 3 aliphatic heterocycles. The molecule has 0 bridgehead atoms. The van der Waals surface area contributed by atoms with Gasteiger partial charge >= 0.3 is 0 Å². The van der Waals surface area contributed by atoms with Crippen LogP contribution in [0, 0.1) is 0 Å². The summed E-state index contributed by atoms with van der Waals surface area (Å²) < 4.78 is 27.8. The first-order chi connectivity index (χ1) is 18.8. The first kappa shape index (κ1) is 32.9. The van der Waals surface area contributed by atoms with Gasteiger partial charge in [-0.2, -0.15) is 0 Å². The molecule has 2 amide bonds. The van der Waals surface area contributed by atoms with Gasteiger partial charge in [0.25, 0.3) is 0 Å². The third kappa shape index (κ3) is 7.05. The van der Waals surface area contributed by atoms with E-state index < -0.39 is 124 Å². The second-order valence-corrected chi connectivity index (χ2v) is 9.81. The Hall–Kier alpha value is -1.62. The number of nitrogens with one attached hydrogen (secondary N) is 2. The van der Waals surface area contributed by atoms with Gasteiger partial charge in [0.15, 0.2) is 18.9 Å². The zero-order valence-corrected chi connectivity index (χ0v) is 21.7.